The van der Waals surface area contributed by atoms with Crippen molar-refractivity contribution in [3.63, 3.8) is 0 Å². The maximum absolute atomic E-state index is 12.1. The molecule has 1 aromatic rings. The molecule has 0 spiro atoms. The predicted octanol–water partition coefficient (Wildman–Crippen LogP) is 2.79. The van der Waals surface area contributed by atoms with Crippen LogP contribution in [0.25, 0.3) is 0 Å². The molecule has 110 valence electrons. The van der Waals surface area contributed by atoms with E-state index in [0.29, 0.717) is 12.4 Å². The van der Waals surface area contributed by atoms with Gasteiger partial charge in [-0.3, -0.25) is 4.79 Å². The molecule has 1 fully saturated rings. The number of anilines is 1. The highest BCUT2D eigenvalue weighted by Crippen LogP contribution is 2.17. The zero-order valence-corrected chi connectivity index (χ0v) is 13.6. The van der Waals surface area contributed by atoms with Gasteiger partial charge in [-0.15, -0.1) is 0 Å². The standard InChI is InChI=1S/C14H21BrN4O/c1-10(2)14-17-11(15)8-12(18-14)16-9-13(20)19-6-4-3-5-7-19/h8,10H,3-7,9H2,1-2H3,(H,16,17,18). The lowest BCUT2D eigenvalue weighted by atomic mass is 10.1. The van der Waals surface area contributed by atoms with Crippen LogP contribution in [0.4, 0.5) is 5.82 Å². The third-order valence-electron chi connectivity index (χ3n) is 3.36. The van der Waals surface area contributed by atoms with Crippen molar-refractivity contribution in [1.29, 1.82) is 0 Å². The summed E-state index contributed by atoms with van der Waals surface area (Å²) >= 11 is 3.38. The molecule has 2 rings (SSSR count). The average molecular weight is 341 g/mol. The Hall–Kier alpha value is -1.17. The Balaban J connectivity index is 1.94. The van der Waals surface area contributed by atoms with Gasteiger partial charge in [0, 0.05) is 25.1 Å². The second kappa shape index (κ2) is 7.02. The summed E-state index contributed by atoms with van der Waals surface area (Å²) in [4.78, 5) is 22.8. The van der Waals surface area contributed by atoms with Gasteiger partial charge in [0.1, 0.15) is 16.2 Å². The third kappa shape index (κ3) is 4.16. The first-order valence-electron chi connectivity index (χ1n) is 7.12. The van der Waals surface area contributed by atoms with E-state index in [9.17, 15) is 4.79 Å². The Morgan fingerprint density at radius 3 is 2.70 bits per heavy atom. The van der Waals surface area contributed by atoms with Crippen molar-refractivity contribution in [3.8, 4) is 0 Å². The summed E-state index contributed by atoms with van der Waals surface area (Å²) in [5.41, 5.74) is 0. The summed E-state index contributed by atoms with van der Waals surface area (Å²) in [5, 5.41) is 3.11. The molecule has 1 amide bonds. The predicted molar refractivity (Wildman–Crippen MR) is 82.7 cm³/mol. The number of nitrogens with zero attached hydrogens (tertiary/aromatic N) is 3. The molecule has 0 bridgehead atoms. The lowest BCUT2D eigenvalue weighted by molar-refractivity contribution is -0.130. The van der Waals surface area contributed by atoms with Gasteiger partial charge < -0.3 is 10.2 Å². The smallest absolute Gasteiger partial charge is 0.241 e. The van der Waals surface area contributed by atoms with Crippen LogP contribution in [0, 0.1) is 0 Å². The normalized spacial score (nSPS) is 15.5. The summed E-state index contributed by atoms with van der Waals surface area (Å²) in [6, 6.07) is 1.80. The van der Waals surface area contributed by atoms with E-state index in [0.717, 1.165) is 36.4 Å². The van der Waals surface area contributed by atoms with E-state index in [2.05, 4.69) is 31.2 Å². The Morgan fingerprint density at radius 2 is 2.05 bits per heavy atom. The topological polar surface area (TPSA) is 58.1 Å². The number of aromatic nitrogens is 2. The largest absolute Gasteiger partial charge is 0.361 e. The third-order valence-corrected chi connectivity index (χ3v) is 3.76. The van der Waals surface area contributed by atoms with E-state index in [1.807, 2.05) is 18.7 Å². The van der Waals surface area contributed by atoms with Crippen molar-refractivity contribution >= 4 is 27.7 Å². The molecule has 1 aliphatic rings. The van der Waals surface area contributed by atoms with Crippen molar-refractivity contribution in [3.05, 3.63) is 16.5 Å². The van der Waals surface area contributed by atoms with Crippen molar-refractivity contribution in [2.45, 2.75) is 39.0 Å². The number of hydrogen-bond acceptors (Lipinski definition) is 4. The molecule has 1 aromatic heterocycles. The molecule has 0 saturated carbocycles. The van der Waals surface area contributed by atoms with Crippen molar-refractivity contribution in [1.82, 2.24) is 14.9 Å². The van der Waals surface area contributed by atoms with Crippen LogP contribution in [0.2, 0.25) is 0 Å². The first-order valence-corrected chi connectivity index (χ1v) is 7.91. The van der Waals surface area contributed by atoms with E-state index in [1.54, 1.807) is 6.07 Å². The van der Waals surface area contributed by atoms with Gasteiger partial charge >= 0.3 is 0 Å². The maximum Gasteiger partial charge on any atom is 0.241 e. The summed E-state index contributed by atoms with van der Waals surface area (Å²) in [5.74, 6) is 1.87. The average Bonchev–Trinajstić information content (AvgIpc) is 2.45. The molecule has 0 radical (unpaired) electrons. The number of carbonyl (C=O) groups excluding carboxylic acids is 1. The van der Waals surface area contributed by atoms with Crippen LogP contribution in [0.15, 0.2) is 10.7 Å². The zero-order valence-electron chi connectivity index (χ0n) is 12.0. The Kier molecular flexibility index (Phi) is 5.34. The number of piperidine rings is 1. The monoisotopic (exact) mass is 340 g/mol. The quantitative estimate of drug-likeness (QED) is 0.856. The summed E-state index contributed by atoms with van der Waals surface area (Å²) < 4.78 is 0.740. The van der Waals surface area contributed by atoms with Crippen LogP contribution in [0.1, 0.15) is 44.9 Å². The number of amides is 1. The highest BCUT2D eigenvalue weighted by molar-refractivity contribution is 9.10. The Bertz CT molecular complexity index is 472. The summed E-state index contributed by atoms with van der Waals surface area (Å²) in [6.45, 7) is 6.15. The first kappa shape index (κ1) is 15.2. The first-order chi connectivity index (χ1) is 9.56. The van der Waals surface area contributed by atoms with E-state index in [-0.39, 0.29) is 11.8 Å². The fourth-order valence-corrected chi connectivity index (χ4v) is 2.60. The summed E-state index contributed by atoms with van der Waals surface area (Å²) in [6.07, 6.45) is 3.46. The minimum atomic E-state index is 0.144. The van der Waals surface area contributed by atoms with Gasteiger partial charge in [-0.1, -0.05) is 13.8 Å². The number of likely N-dealkylation sites (tertiary alicyclic amines) is 1. The Morgan fingerprint density at radius 1 is 1.35 bits per heavy atom. The number of rotatable bonds is 4. The second-order valence-electron chi connectivity index (χ2n) is 5.38. The van der Waals surface area contributed by atoms with Gasteiger partial charge in [0.05, 0.1) is 6.54 Å². The lowest BCUT2D eigenvalue weighted by Crippen LogP contribution is -2.39. The molecule has 0 atom stereocenters. The van der Waals surface area contributed by atoms with E-state index in [4.69, 9.17) is 0 Å². The van der Waals surface area contributed by atoms with Gasteiger partial charge in [-0.25, -0.2) is 9.97 Å². The molecule has 2 heterocycles. The van der Waals surface area contributed by atoms with E-state index < -0.39 is 0 Å². The van der Waals surface area contributed by atoms with Gasteiger partial charge in [0.15, 0.2) is 0 Å². The fraction of sp³-hybridized carbons (Fsp3) is 0.643. The van der Waals surface area contributed by atoms with Crippen LogP contribution in [0.5, 0.6) is 0 Å². The molecule has 1 N–H and O–H groups in total. The molecule has 5 nitrogen and oxygen atoms in total. The minimum Gasteiger partial charge on any atom is -0.361 e. The van der Waals surface area contributed by atoms with Gasteiger partial charge in [0.2, 0.25) is 5.91 Å². The van der Waals surface area contributed by atoms with E-state index >= 15 is 0 Å². The van der Waals surface area contributed by atoms with Crippen molar-refractivity contribution < 1.29 is 4.79 Å². The van der Waals surface area contributed by atoms with Crippen LogP contribution < -0.4 is 5.32 Å². The fourth-order valence-electron chi connectivity index (χ4n) is 2.21. The SMILES string of the molecule is CC(C)c1nc(Br)cc(NCC(=O)N2CCCCC2)n1. The van der Waals surface area contributed by atoms with Crippen molar-refractivity contribution in [2.75, 3.05) is 25.0 Å². The van der Waals surface area contributed by atoms with Crippen LogP contribution in [-0.4, -0.2) is 40.4 Å². The molecule has 0 unspecified atom stereocenters. The number of nitrogens with one attached hydrogen (secondary N) is 1. The van der Waals surface area contributed by atoms with Crippen LogP contribution in [0.3, 0.4) is 0 Å². The maximum atomic E-state index is 12.1. The van der Waals surface area contributed by atoms with Gasteiger partial charge in [0.25, 0.3) is 0 Å². The van der Waals surface area contributed by atoms with Crippen LogP contribution in [-0.2, 0) is 4.79 Å². The number of halogens is 1. The number of hydrogen-bond donors (Lipinski definition) is 1. The molecular formula is C14H21BrN4O. The lowest BCUT2D eigenvalue weighted by Gasteiger charge is -2.26. The second-order valence-corrected chi connectivity index (χ2v) is 6.20. The molecule has 0 aromatic carbocycles. The zero-order chi connectivity index (χ0) is 14.5. The van der Waals surface area contributed by atoms with Gasteiger partial charge in [-0.2, -0.15) is 0 Å². The molecule has 1 aliphatic heterocycles. The van der Waals surface area contributed by atoms with Crippen LogP contribution >= 0.6 is 15.9 Å². The molecule has 0 aliphatic carbocycles. The Labute approximate surface area is 128 Å². The highest BCUT2D eigenvalue weighted by atomic mass is 79.9. The van der Waals surface area contributed by atoms with Gasteiger partial charge in [-0.05, 0) is 35.2 Å². The molecule has 6 heteroatoms. The summed E-state index contributed by atoms with van der Waals surface area (Å²) in [7, 11) is 0. The van der Waals surface area contributed by atoms with Crippen molar-refractivity contribution in [2.24, 2.45) is 0 Å². The molecule has 1 saturated heterocycles. The number of carbonyl (C=O) groups is 1. The highest BCUT2D eigenvalue weighted by Gasteiger charge is 2.16. The molecule has 20 heavy (non-hydrogen) atoms. The van der Waals surface area contributed by atoms with E-state index in [1.165, 1.54) is 6.42 Å². The molecular weight excluding hydrogens is 320 g/mol. The minimum absolute atomic E-state index is 0.144.